The number of nitrogens with zero attached hydrogens (tertiary/aromatic N) is 3. The zero-order valence-corrected chi connectivity index (χ0v) is 10.3. The maximum Gasteiger partial charge on any atom is 0.0774 e. The van der Waals surface area contributed by atoms with Crippen LogP contribution in [0.1, 0.15) is 38.1 Å². The predicted octanol–water partition coefficient (Wildman–Crippen LogP) is 1.43. The number of β-amino-alcohol motifs (C(OH)–C–C–N with tert-alkyl or cyclic N) is 1. The van der Waals surface area contributed by atoms with E-state index >= 15 is 0 Å². The van der Waals surface area contributed by atoms with Crippen molar-refractivity contribution in [1.29, 1.82) is 0 Å². The minimum atomic E-state index is -0.404. The molecule has 0 bridgehead atoms. The first-order chi connectivity index (χ1) is 8.25. The van der Waals surface area contributed by atoms with Crippen molar-refractivity contribution in [2.45, 2.75) is 43.7 Å². The number of aliphatic hydroxyl groups is 1. The fourth-order valence-corrected chi connectivity index (χ4v) is 3.28. The molecule has 17 heavy (non-hydrogen) atoms. The summed E-state index contributed by atoms with van der Waals surface area (Å²) in [4.78, 5) is 2.40. The van der Waals surface area contributed by atoms with Crippen LogP contribution in [0.2, 0.25) is 0 Å². The van der Waals surface area contributed by atoms with Crippen LogP contribution >= 0.6 is 0 Å². The number of hydrogen-bond donors (Lipinski definition) is 1. The van der Waals surface area contributed by atoms with Gasteiger partial charge in [0.05, 0.1) is 11.6 Å². The first-order valence-corrected chi connectivity index (χ1v) is 6.69. The van der Waals surface area contributed by atoms with Gasteiger partial charge in [0.2, 0.25) is 0 Å². The molecular weight excluding hydrogens is 214 g/mol. The highest BCUT2D eigenvalue weighted by molar-refractivity contribution is 4.92. The van der Waals surface area contributed by atoms with E-state index in [2.05, 4.69) is 14.7 Å². The summed E-state index contributed by atoms with van der Waals surface area (Å²) in [5.74, 6) is 0. The largest absolute Gasteiger partial charge is 0.389 e. The molecule has 1 unspecified atom stereocenters. The fourth-order valence-electron chi connectivity index (χ4n) is 3.28. The molecule has 1 aromatic rings. The lowest BCUT2D eigenvalue weighted by Gasteiger charge is -2.28. The Balaban J connectivity index is 1.57. The van der Waals surface area contributed by atoms with Crippen molar-refractivity contribution in [2.24, 2.45) is 0 Å². The summed E-state index contributed by atoms with van der Waals surface area (Å²) in [6.45, 7) is 2.97. The maximum absolute atomic E-state index is 10.4. The van der Waals surface area contributed by atoms with Crippen LogP contribution in [-0.2, 0) is 0 Å². The van der Waals surface area contributed by atoms with Gasteiger partial charge in [0, 0.05) is 32.0 Å². The molecule has 1 atom stereocenters. The second-order valence-electron chi connectivity index (χ2n) is 5.60. The normalized spacial score (nSPS) is 28.9. The van der Waals surface area contributed by atoms with Crippen molar-refractivity contribution in [3.63, 3.8) is 0 Å². The summed E-state index contributed by atoms with van der Waals surface area (Å²) in [7, 11) is 0. The number of aromatic nitrogens is 2. The smallest absolute Gasteiger partial charge is 0.0774 e. The van der Waals surface area contributed by atoms with Gasteiger partial charge in [0.1, 0.15) is 0 Å². The highest BCUT2D eigenvalue weighted by Gasteiger charge is 2.35. The summed E-state index contributed by atoms with van der Waals surface area (Å²) >= 11 is 0. The van der Waals surface area contributed by atoms with E-state index in [1.807, 2.05) is 18.5 Å². The molecule has 4 heteroatoms. The van der Waals surface area contributed by atoms with Crippen molar-refractivity contribution in [3.05, 3.63) is 18.5 Å². The molecule has 1 aliphatic heterocycles. The predicted molar refractivity (Wildman–Crippen MR) is 65.7 cm³/mol. The summed E-state index contributed by atoms with van der Waals surface area (Å²) in [6.07, 6.45) is 9.37. The average Bonchev–Trinajstić information content (AvgIpc) is 2.98. The van der Waals surface area contributed by atoms with E-state index in [9.17, 15) is 5.11 Å². The Morgan fingerprint density at radius 3 is 2.88 bits per heavy atom. The standard InChI is InChI=1S/C13H21N3O/c17-13(5-1-2-6-13)11-15-9-4-12(10-15)16-8-3-7-14-16/h3,7-8,12,17H,1-2,4-6,9-11H2. The molecule has 1 N–H and O–H groups in total. The van der Waals surface area contributed by atoms with Gasteiger partial charge in [-0.3, -0.25) is 9.58 Å². The van der Waals surface area contributed by atoms with Crippen LogP contribution in [-0.4, -0.2) is 45.0 Å². The van der Waals surface area contributed by atoms with Crippen molar-refractivity contribution < 1.29 is 5.11 Å². The molecule has 1 saturated heterocycles. The third-order valence-electron chi connectivity index (χ3n) is 4.20. The van der Waals surface area contributed by atoms with Gasteiger partial charge in [-0.2, -0.15) is 5.10 Å². The quantitative estimate of drug-likeness (QED) is 0.862. The molecule has 1 saturated carbocycles. The van der Waals surface area contributed by atoms with Crippen LogP contribution in [0.25, 0.3) is 0 Å². The first-order valence-electron chi connectivity index (χ1n) is 6.69. The van der Waals surface area contributed by atoms with Crippen molar-refractivity contribution in [3.8, 4) is 0 Å². The van der Waals surface area contributed by atoms with E-state index < -0.39 is 5.60 Å². The van der Waals surface area contributed by atoms with E-state index in [0.29, 0.717) is 6.04 Å². The molecule has 2 aliphatic rings. The molecule has 2 heterocycles. The SMILES string of the molecule is OC1(CN2CCC(n3cccn3)C2)CCCC1. The highest BCUT2D eigenvalue weighted by Crippen LogP contribution is 2.32. The van der Waals surface area contributed by atoms with Gasteiger partial charge in [-0.25, -0.2) is 0 Å². The Kier molecular flexibility index (Phi) is 2.92. The van der Waals surface area contributed by atoms with E-state index in [1.54, 1.807) is 0 Å². The summed E-state index contributed by atoms with van der Waals surface area (Å²) in [5.41, 5.74) is -0.404. The third-order valence-corrected chi connectivity index (χ3v) is 4.20. The third kappa shape index (κ3) is 2.38. The molecule has 1 aliphatic carbocycles. The van der Waals surface area contributed by atoms with Gasteiger partial charge >= 0.3 is 0 Å². The summed E-state index contributed by atoms with van der Waals surface area (Å²) in [6, 6.07) is 2.47. The van der Waals surface area contributed by atoms with Gasteiger partial charge < -0.3 is 5.11 Å². The van der Waals surface area contributed by atoms with Crippen molar-refractivity contribution in [2.75, 3.05) is 19.6 Å². The van der Waals surface area contributed by atoms with Gasteiger partial charge in [-0.15, -0.1) is 0 Å². The molecule has 2 fully saturated rings. The van der Waals surface area contributed by atoms with Crippen LogP contribution in [0, 0.1) is 0 Å². The van der Waals surface area contributed by atoms with Gasteiger partial charge in [-0.05, 0) is 25.3 Å². The second-order valence-corrected chi connectivity index (χ2v) is 5.60. The Labute approximate surface area is 102 Å². The number of rotatable bonds is 3. The fraction of sp³-hybridized carbons (Fsp3) is 0.769. The first kappa shape index (κ1) is 11.2. The molecule has 0 aromatic carbocycles. The molecule has 0 amide bonds. The lowest BCUT2D eigenvalue weighted by Crippen LogP contribution is -2.40. The minimum Gasteiger partial charge on any atom is -0.389 e. The second kappa shape index (κ2) is 4.42. The Morgan fingerprint density at radius 2 is 2.18 bits per heavy atom. The molecule has 94 valence electrons. The topological polar surface area (TPSA) is 41.3 Å². The van der Waals surface area contributed by atoms with Gasteiger partial charge in [0.25, 0.3) is 0 Å². The lowest BCUT2D eigenvalue weighted by molar-refractivity contribution is 0.0149. The van der Waals surface area contributed by atoms with Gasteiger partial charge in [0.15, 0.2) is 0 Å². The Morgan fingerprint density at radius 1 is 1.35 bits per heavy atom. The van der Waals surface area contributed by atoms with E-state index in [-0.39, 0.29) is 0 Å². The van der Waals surface area contributed by atoms with Crippen LogP contribution in [0.15, 0.2) is 18.5 Å². The van der Waals surface area contributed by atoms with Crippen molar-refractivity contribution >= 4 is 0 Å². The van der Waals surface area contributed by atoms with E-state index in [4.69, 9.17) is 0 Å². The molecule has 0 radical (unpaired) electrons. The molecule has 1 aromatic heterocycles. The summed E-state index contributed by atoms with van der Waals surface area (Å²) in [5, 5.41) is 14.7. The summed E-state index contributed by atoms with van der Waals surface area (Å²) < 4.78 is 2.05. The zero-order chi connectivity index (χ0) is 11.7. The molecule has 0 spiro atoms. The van der Waals surface area contributed by atoms with Crippen LogP contribution in [0.5, 0.6) is 0 Å². The molecule has 4 nitrogen and oxygen atoms in total. The lowest BCUT2D eigenvalue weighted by atomic mass is 10.0. The maximum atomic E-state index is 10.4. The molecule has 3 rings (SSSR count). The van der Waals surface area contributed by atoms with E-state index in [0.717, 1.165) is 38.9 Å². The number of hydrogen-bond acceptors (Lipinski definition) is 3. The van der Waals surface area contributed by atoms with Crippen molar-refractivity contribution in [1.82, 2.24) is 14.7 Å². The van der Waals surface area contributed by atoms with Crippen LogP contribution < -0.4 is 0 Å². The zero-order valence-electron chi connectivity index (χ0n) is 10.3. The average molecular weight is 235 g/mol. The van der Waals surface area contributed by atoms with Crippen LogP contribution in [0.4, 0.5) is 0 Å². The van der Waals surface area contributed by atoms with Gasteiger partial charge in [-0.1, -0.05) is 12.8 Å². The monoisotopic (exact) mass is 235 g/mol. The molecular formula is C13H21N3O. The minimum absolute atomic E-state index is 0.404. The number of likely N-dealkylation sites (tertiary alicyclic amines) is 1. The van der Waals surface area contributed by atoms with E-state index in [1.165, 1.54) is 12.8 Å². The Hall–Kier alpha value is -0.870. The highest BCUT2D eigenvalue weighted by atomic mass is 16.3. The van der Waals surface area contributed by atoms with Crippen LogP contribution in [0.3, 0.4) is 0 Å². The Bertz CT molecular complexity index is 357.